The van der Waals surface area contributed by atoms with E-state index in [4.69, 9.17) is 9.63 Å². The molecule has 0 saturated carbocycles. The molecule has 0 fully saturated rings. The molecule has 3 aromatic rings. The number of alkyl halides is 3. The fraction of sp³-hybridized carbons (Fsp3) is 0.214. The Kier molecular flexibility index (Phi) is 3.64. The van der Waals surface area contributed by atoms with Gasteiger partial charge < -0.3 is 14.6 Å². The van der Waals surface area contributed by atoms with Crippen LogP contribution in [-0.4, -0.2) is 38.8 Å². The molecule has 1 aromatic carbocycles. The van der Waals surface area contributed by atoms with E-state index in [1.165, 1.54) is 18.2 Å². The van der Waals surface area contributed by atoms with Crippen LogP contribution in [-0.2, 0) is 6.42 Å². The minimum atomic E-state index is -4.93. The molecule has 120 valence electrons. The van der Waals surface area contributed by atoms with E-state index in [9.17, 15) is 18.0 Å². The van der Waals surface area contributed by atoms with E-state index in [1.54, 1.807) is 0 Å². The number of H-pyrrole nitrogens is 1. The second-order valence-electron chi connectivity index (χ2n) is 4.77. The highest BCUT2D eigenvalue weighted by atomic mass is 19.4. The van der Waals surface area contributed by atoms with Crippen LogP contribution in [0.25, 0.3) is 22.3 Å². The number of aromatic amines is 1. The number of halogens is 3. The van der Waals surface area contributed by atoms with Crippen LogP contribution in [0.3, 0.4) is 0 Å². The molecule has 2 aromatic heterocycles. The molecule has 0 spiro atoms. The quantitative estimate of drug-likeness (QED) is 0.719. The number of ketones is 1. The lowest BCUT2D eigenvalue weighted by molar-refractivity contribution is -0.0884. The van der Waals surface area contributed by atoms with Crippen molar-refractivity contribution in [1.82, 2.24) is 15.1 Å². The molecule has 9 heteroatoms. The third-order valence-corrected chi connectivity index (χ3v) is 3.24. The Morgan fingerprint density at radius 3 is 2.83 bits per heavy atom. The third-order valence-electron chi connectivity index (χ3n) is 3.24. The summed E-state index contributed by atoms with van der Waals surface area (Å²) in [5.41, 5.74) is 0.426. The highest BCUT2D eigenvalue weighted by molar-refractivity contribution is 6.10. The minimum absolute atomic E-state index is 0.139. The molecule has 0 atom stereocenters. The summed E-state index contributed by atoms with van der Waals surface area (Å²) in [7, 11) is 0. The van der Waals surface area contributed by atoms with Gasteiger partial charge in [0.2, 0.25) is 11.7 Å². The van der Waals surface area contributed by atoms with Gasteiger partial charge in [0.05, 0.1) is 18.6 Å². The summed E-state index contributed by atoms with van der Waals surface area (Å²) in [6.07, 6.45) is -3.69. The topological polar surface area (TPSA) is 92.0 Å². The smallest absolute Gasteiger partial charge is 0.396 e. The number of hydrogen-bond acceptors (Lipinski definition) is 5. The monoisotopic (exact) mass is 325 g/mol. The first-order valence-electron chi connectivity index (χ1n) is 6.56. The van der Waals surface area contributed by atoms with E-state index in [1.807, 2.05) is 0 Å². The molecule has 3 rings (SSSR count). The first-order chi connectivity index (χ1) is 10.9. The van der Waals surface area contributed by atoms with Crippen molar-refractivity contribution in [3.05, 3.63) is 35.9 Å². The lowest BCUT2D eigenvalue weighted by Crippen LogP contribution is -2.22. The fourth-order valence-corrected chi connectivity index (χ4v) is 2.18. The second kappa shape index (κ2) is 5.51. The van der Waals surface area contributed by atoms with E-state index in [2.05, 4.69) is 15.1 Å². The average Bonchev–Trinajstić information content (AvgIpc) is 3.11. The molecule has 0 saturated heterocycles. The molecule has 2 N–H and O–H groups in total. The lowest BCUT2D eigenvalue weighted by atomic mass is 10.1. The van der Waals surface area contributed by atoms with Crippen molar-refractivity contribution in [3.63, 3.8) is 0 Å². The number of aliphatic hydroxyl groups is 1. The first kappa shape index (κ1) is 15.2. The number of carbonyl (C=O) groups is 1. The maximum Gasteiger partial charge on any atom is 0.454 e. The normalized spacial score (nSPS) is 12.0. The molecule has 0 unspecified atom stereocenters. The molecule has 23 heavy (non-hydrogen) atoms. The number of benzene rings is 1. The molecular weight excluding hydrogens is 315 g/mol. The van der Waals surface area contributed by atoms with E-state index in [0.717, 1.165) is 6.20 Å². The Bertz CT molecular complexity index is 867. The Balaban J connectivity index is 1.99. The van der Waals surface area contributed by atoms with Crippen molar-refractivity contribution >= 4 is 16.7 Å². The van der Waals surface area contributed by atoms with Gasteiger partial charge in [0.1, 0.15) is 0 Å². The number of fused-ring (bicyclic) bond motifs is 1. The van der Waals surface area contributed by atoms with Gasteiger partial charge in [-0.25, -0.2) is 0 Å². The van der Waals surface area contributed by atoms with Gasteiger partial charge in [0.25, 0.3) is 5.78 Å². The summed E-state index contributed by atoms with van der Waals surface area (Å²) in [5.74, 6) is -1.41. The van der Waals surface area contributed by atoms with Gasteiger partial charge in [-0.05, 0) is 6.07 Å². The molecular formula is C14H10F3N3O3. The highest BCUT2D eigenvalue weighted by Gasteiger charge is 2.40. The number of nitrogens with zero attached hydrogens (tertiary/aromatic N) is 2. The SMILES string of the molecule is O=C(c1c[nH]c2cc(-c3noc(CCO)n3)ccc12)C(F)(F)F. The van der Waals surface area contributed by atoms with Crippen LogP contribution in [0, 0.1) is 0 Å². The number of aliphatic hydroxyl groups excluding tert-OH is 1. The van der Waals surface area contributed by atoms with Gasteiger partial charge in [-0.1, -0.05) is 17.3 Å². The zero-order valence-electron chi connectivity index (χ0n) is 11.5. The van der Waals surface area contributed by atoms with E-state index < -0.39 is 17.5 Å². The van der Waals surface area contributed by atoms with Gasteiger partial charge in [0.15, 0.2) is 0 Å². The number of nitrogens with one attached hydrogen (secondary N) is 1. The third kappa shape index (κ3) is 2.82. The Morgan fingerprint density at radius 2 is 2.13 bits per heavy atom. The van der Waals surface area contributed by atoms with Crippen molar-refractivity contribution in [2.45, 2.75) is 12.6 Å². The van der Waals surface area contributed by atoms with E-state index >= 15 is 0 Å². The fourth-order valence-electron chi connectivity index (χ4n) is 2.18. The average molecular weight is 325 g/mol. The van der Waals surface area contributed by atoms with Crippen molar-refractivity contribution in [2.75, 3.05) is 6.61 Å². The predicted octanol–water partition coefficient (Wildman–Crippen LogP) is 2.50. The van der Waals surface area contributed by atoms with Crippen LogP contribution in [0.1, 0.15) is 16.2 Å². The Morgan fingerprint density at radius 1 is 1.35 bits per heavy atom. The first-order valence-corrected chi connectivity index (χ1v) is 6.56. The van der Waals surface area contributed by atoms with E-state index in [-0.39, 0.29) is 30.1 Å². The van der Waals surface area contributed by atoms with Crippen LogP contribution in [0.4, 0.5) is 13.2 Å². The largest absolute Gasteiger partial charge is 0.454 e. The second-order valence-corrected chi connectivity index (χ2v) is 4.77. The Hall–Kier alpha value is -2.68. The molecule has 0 aliphatic rings. The molecule has 0 aliphatic carbocycles. The summed E-state index contributed by atoms with van der Waals surface area (Å²) in [6, 6.07) is 4.41. The molecule has 6 nitrogen and oxygen atoms in total. The molecule has 2 heterocycles. The minimum Gasteiger partial charge on any atom is -0.396 e. The molecule has 0 amide bonds. The van der Waals surface area contributed by atoms with Crippen LogP contribution in [0.5, 0.6) is 0 Å². The number of aromatic nitrogens is 3. The number of Topliss-reactive ketones (excluding diaryl/α,β-unsaturated/α-hetero) is 1. The standard InChI is InChI=1S/C14H10F3N3O3/c15-14(16,17)12(22)9-6-18-10-5-7(1-2-8(9)10)13-19-11(3-4-21)23-20-13/h1-2,5-6,18,21H,3-4H2. The predicted molar refractivity (Wildman–Crippen MR) is 72.8 cm³/mol. The van der Waals surface area contributed by atoms with Gasteiger partial charge in [0, 0.05) is 22.7 Å². The van der Waals surface area contributed by atoms with Crippen LogP contribution >= 0.6 is 0 Å². The lowest BCUT2D eigenvalue weighted by Gasteiger charge is -2.03. The number of hydrogen-bond donors (Lipinski definition) is 2. The van der Waals surface area contributed by atoms with Crippen LogP contribution < -0.4 is 0 Å². The summed E-state index contributed by atoms with van der Waals surface area (Å²) in [6.45, 7) is -0.139. The summed E-state index contributed by atoms with van der Waals surface area (Å²) >= 11 is 0. The van der Waals surface area contributed by atoms with Gasteiger partial charge in [-0.2, -0.15) is 18.2 Å². The zero-order valence-corrected chi connectivity index (χ0v) is 11.5. The van der Waals surface area contributed by atoms with Crippen molar-refractivity contribution in [2.24, 2.45) is 0 Å². The van der Waals surface area contributed by atoms with E-state index in [0.29, 0.717) is 11.1 Å². The molecule has 0 aliphatic heterocycles. The maximum atomic E-state index is 12.5. The van der Waals surface area contributed by atoms with Crippen molar-refractivity contribution < 1.29 is 27.6 Å². The van der Waals surface area contributed by atoms with Crippen molar-refractivity contribution in [3.8, 4) is 11.4 Å². The highest BCUT2D eigenvalue weighted by Crippen LogP contribution is 2.29. The van der Waals surface area contributed by atoms with Crippen LogP contribution in [0.2, 0.25) is 0 Å². The number of rotatable bonds is 4. The van der Waals surface area contributed by atoms with Crippen molar-refractivity contribution in [1.29, 1.82) is 0 Å². The molecule has 0 radical (unpaired) electrons. The molecule has 0 bridgehead atoms. The van der Waals surface area contributed by atoms with Gasteiger partial charge >= 0.3 is 6.18 Å². The Labute approximate surface area is 126 Å². The summed E-state index contributed by atoms with van der Waals surface area (Å²) in [4.78, 5) is 18.1. The number of carbonyl (C=O) groups excluding carboxylic acids is 1. The van der Waals surface area contributed by atoms with Gasteiger partial charge in [-0.15, -0.1) is 0 Å². The van der Waals surface area contributed by atoms with Crippen LogP contribution in [0.15, 0.2) is 28.9 Å². The maximum absolute atomic E-state index is 12.5. The van der Waals surface area contributed by atoms with Gasteiger partial charge in [-0.3, -0.25) is 4.79 Å². The zero-order chi connectivity index (χ0) is 16.6. The summed E-state index contributed by atoms with van der Waals surface area (Å²) in [5, 5.41) is 12.7. The summed E-state index contributed by atoms with van der Waals surface area (Å²) < 4.78 is 42.6.